The van der Waals surface area contributed by atoms with Crippen molar-refractivity contribution >= 4 is 21.6 Å². The molecule has 0 N–H and O–H groups in total. The first-order valence-corrected chi connectivity index (χ1v) is 13.6. The highest BCUT2D eigenvalue weighted by molar-refractivity contribution is 7.91. The highest BCUT2D eigenvalue weighted by Gasteiger charge is 2.52. The number of fused-ring (bicyclic) bond motifs is 3. The van der Waals surface area contributed by atoms with Crippen LogP contribution in [-0.4, -0.2) is 32.9 Å². The summed E-state index contributed by atoms with van der Waals surface area (Å²) in [5.74, 6) is 12.7. The molecule has 1 unspecified atom stereocenters. The summed E-state index contributed by atoms with van der Waals surface area (Å²) in [4.78, 5) is 14.9. The van der Waals surface area contributed by atoms with Crippen molar-refractivity contribution in [2.75, 3.05) is 17.3 Å². The second-order valence-corrected chi connectivity index (χ2v) is 10.8. The van der Waals surface area contributed by atoms with Crippen LogP contribution in [0.5, 0.6) is 0 Å². The van der Waals surface area contributed by atoms with E-state index in [4.69, 9.17) is 4.74 Å². The van der Waals surface area contributed by atoms with Crippen LogP contribution in [0.1, 0.15) is 36.0 Å². The average molecular weight is 496 g/mol. The maximum absolute atomic E-state index is 12.9. The monoisotopic (exact) mass is 495 g/mol. The van der Waals surface area contributed by atoms with Gasteiger partial charge in [0.25, 0.3) is 0 Å². The largest absolute Gasteiger partial charge is 0.449 e. The minimum atomic E-state index is -3.49. The lowest BCUT2D eigenvalue weighted by atomic mass is 9.96. The molecular weight excluding hydrogens is 470 g/mol. The first-order valence-electron chi connectivity index (χ1n) is 11.9. The van der Waals surface area contributed by atoms with Crippen LogP contribution in [-0.2, 0) is 14.6 Å². The van der Waals surface area contributed by atoms with E-state index < -0.39 is 15.9 Å². The first-order chi connectivity index (χ1) is 17.5. The molecule has 1 heterocycles. The summed E-state index contributed by atoms with van der Waals surface area (Å²) >= 11 is 0. The molecule has 2 aliphatic rings. The van der Waals surface area contributed by atoms with Gasteiger partial charge in [0.05, 0.1) is 17.2 Å². The number of rotatable bonds is 3. The number of carbonyl (C=O) groups is 1. The lowest BCUT2D eigenvalue weighted by molar-refractivity contribution is 0.157. The van der Waals surface area contributed by atoms with Crippen molar-refractivity contribution in [3.8, 4) is 23.7 Å². The number of sulfone groups is 1. The average Bonchev–Trinajstić information content (AvgIpc) is 3.70. The minimum Gasteiger partial charge on any atom is -0.449 e. The van der Waals surface area contributed by atoms with Gasteiger partial charge in [-0.2, -0.15) is 0 Å². The Morgan fingerprint density at radius 1 is 0.944 bits per heavy atom. The summed E-state index contributed by atoms with van der Waals surface area (Å²) in [5.41, 5.74) is 3.37. The highest BCUT2D eigenvalue weighted by Crippen LogP contribution is 2.57. The number of hydrogen-bond acceptors (Lipinski definition) is 4. The molecule has 3 aromatic rings. The van der Waals surface area contributed by atoms with Gasteiger partial charge in [0.2, 0.25) is 0 Å². The topological polar surface area (TPSA) is 63.7 Å². The first kappa shape index (κ1) is 23.7. The molecule has 0 spiro atoms. The molecule has 0 saturated heterocycles. The van der Waals surface area contributed by atoms with E-state index in [2.05, 4.69) is 29.7 Å². The molecule has 3 aromatic carbocycles. The van der Waals surface area contributed by atoms with E-state index in [1.165, 1.54) is 5.56 Å². The van der Waals surface area contributed by atoms with E-state index in [1.54, 1.807) is 42.2 Å². The van der Waals surface area contributed by atoms with Gasteiger partial charge in [0, 0.05) is 11.1 Å². The van der Waals surface area contributed by atoms with E-state index in [9.17, 15) is 13.2 Å². The van der Waals surface area contributed by atoms with Gasteiger partial charge in [0.15, 0.2) is 9.84 Å². The Labute approximate surface area is 212 Å². The Morgan fingerprint density at radius 3 is 2.36 bits per heavy atom. The normalized spacial score (nSPS) is 19.5. The van der Waals surface area contributed by atoms with E-state index >= 15 is 0 Å². The third kappa shape index (κ3) is 4.73. The fourth-order valence-corrected chi connectivity index (χ4v) is 5.65. The van der Waals surface area contributed by atoms with Crippen molar-refractivity contribution in [3.63, 3.8) is 0 Å². The zero-order valence-corrected chi connectivity index (χ0v) is 20.7. The van der Waals surface area contributed by atoms with Crippen molar-refractivity contribution in [1.29, 1.82) is 0 Å². The molecule has 180 valence electrons. The predicted molar refractivity (Wildman–Crippen MR) is 139 cm³/mol. The Balaban J connectivity index is 1.43. The molecule has 6 heteroatoms. The summed E-state index contributed by atoms with van der Waals surface area (Å²) in [6.07, 6.45) is 0.583. The smallest absolute Gasteiger partial charge is 0.415 e. The van der Waals surface area contributed by atoms with Gasteiger partial charge in [-0.05, 0) is 61.1 Å². The van der Waals surface area contributed by atoms with E-state index in [-0.39, 0.29) is 29.2 Å². The van der Waals surface area contributed by atoms with Gasteiger partial charge in [0.1, 0.15) is 11.8 Å². The molecule has 0 aromatic heterocycles. The quantitative estimate of drug-likeness (QED) is 0.479. The molecule has 1 aliphatic carbocycles. The van der Waals surface area contributed by atoms with Crippen LogP contribution >= 0.6 is 0 Å². The fraction of sp³-hybridized carbons (Fsp3) is 0.233. The third-order valence-electron chi connectivity index (χ3n) is 6.45. The molecule has 1 aliphatic heterocycles. The van der Waals surface area contributed by atoms with Crippen LogP contribution < -0.4 is 4.90 Å². The standard InChI is InChI=1S/C30H25NO4S/c1-2-35-30(32)31-28-17-9-8-16-25(28)26-21-27(26)29(31)19-18-23-12-7-6-11-22(23)13-10-20-36(33,34)24-14-4-3-5-15-24/h3-9,11-12,14-17,26-27,29H,2,20-21H2,1H3/t26-,27-,29?/m1/s1. The van der Waals surface area contributed by atoms with Gasteiger partial charge >= 0.3 is 6.09 Å². The van der Waals surface area contributed by atoms with Crippen molar-refractivity contribution in [3.05, 3.63) is 95.6 Å². The number of hydrogen-bond donors (Lipinski definition) is 0. The summed E-state index contributed by atoms with van der Waals surface area (Å²) in [6, 6.07) is 23.3. The fourth-order valence-electron chi connectivity index (χ4n) is 4.65. The van der Waals surface area contributed by atoms with Crippen molar-refractivity contribution in [1.82, 2.24) is 0 Å². The van der Waals surface area contributed by atoms with Crippen LogP contribution in [0.2, 0.25) is 0 Å². The Bertz CT molecular complexity index is 1520. The predicted octanol–water partition coefficient (Wildman–Crippen LogP) is 5.01. The van der Waals surface area contributed by atoms with E-state index in [0.717, 1.165) is 12.1 Å². The number of amides is 1. The number of benzene rings is 3. The van der Waals surface area contributed by atoms with Crippen LogP contribution in [0.15, 0.2) is 83.8 Å². The van der Waals surface area contributed by atoms with Crippen molar-refractivity contribution < 1.29 is 17.9 Å². The number of carbonyl (C=O) groups excluding carboxylic acids is 1. The molecule has 1 amide bonds. The molecule has 5 rings (SSSR count). The number of ether oxygens (including phenoxy) is 1. The maximum atomic E-state index is 12.9. The molecule has 1 fully saturated rings. The van der Waals surface area contributed by atoms with Crippen LogP contribution in [0.3, 0.4) is 0 Å². The van der Waals surface area contributed by atoms with Gasteiger partial charge in [-0.1, -0.05) is 72.2 Å². The minimum absolute atomic E-state index is 0.253. The Hall–Kier alpha value is -4.00. The third-order valence-corrected chi connectivity index (χ3v) is 7.97. The van der Waals surface area contributed by atoms with Crippen LogP contribution in [0, 0.1) is 29.6 Å². The number of anilines is 1. The zero-order chi connectivity index (χ0) is 25.1. The summed E-state index contributed by atoms with van der Waals surface area (Å²) in [7, 11) is -3.49. The molecule has 36 heavy (non-hydrogen) atoms. The van der Waals surface area contributed by atoms with Gasteiger partial charge in [-0.15, -0.1) is 0 Å². The van der Waals surface area contributed by atoms with E-state index in [1.807, 2.05) is 42.5 Å². The Kier molecular flexibility index (Phi) is 6.55. The molecule has 3 atom stereocenters. The summed E-state index contributed by atoms with van der Waals surface area (Å²) in [5, 5.41) is 0. The van der Waals surface area contributed by atoms with Crippen LogP contribution in [0.25, 0.3) is 0 Å². The molecule has 0 bridgehead atoms. The highest BCUT2D eigenvalue weighted by atomic mass is 32.2. The Morgan fingerprint density at radius 2 is 1.61 bits per heavy atom. The molecule has 0 radical (unpaired) electrons. The maximum Gasteiger partial charge on any atom is 0.415 e. The van der Waals surface area contributed by atoms with Gasteiger partial charge in [-0.3, -0.25) is 4.90 Å². The lowest BCUT2D eigenvalue weighted by Gasteiger charge is -2.33. The molecular formula is C30H25NO4S. The number of para-hydroxylation sites is 1. The van der Waals surface area contributed by atoms with Crippen LogP contribution in [0.4, 0.5) is 10.5 Å². The molecule has 1 saturated carbocycles. The molecule has 5 nitrogen and oxygen atoms in total. The zero-order valence-electron chi connectivity index (χ0n) is 19.8. The second-order valence-electron chi connectivity index (χ2n) is 8.77. The summed E-state index contributed by atoms with van der Waals surface area (Å²) < 4.78 is 30.5. The van der Waals surface area contributed by atoms with Gasteiger partial charge < -0.3 is 4.74 Å². The SMILES string of the molecule is CCOC(=O)N1c2ccccc2[C@H]2C[C@H]2C1C#Cc1ccccc1C#CCS(=O)(=O)c1ccccc1. The number of nitrogens with zero attached hydrogens (tertiary/aromatic N) is 1. The lowest BCUT2D eigenvalue weighted by Crippen LogP contribution is -2.44. The van der Waals surface area contributed by atoms with E-state index in [0.29, 0.717) is 17.0 Å². The van der Waals surface area contributed by atoms with Crippen molar-refractivity contribution in [2.24, 2.45) is 5.92 Å². The van der Waals surface area contributed by atoms with Gasteiger partial charge in [-0.25, -0.2) is 13.2 Å². The van der Waals surface area contributed by atoms with Crippen molar-refractivity contribution in [2.45, 2.75) is 30.2 Å². The second kappa shape index (κ2) is 9.93. The summed E-state index contributed by atoms with van der Waals surface area (Å²) in [6.45, 7) is 2.08.